The van der Waals surface area contributed by atoms with E-state index in [9.17, 15) is 10.2 Å². The second kappa shape index (κ2) is 11.6. The predicted octanol–water partition coefficient (Wildman–Crippen LogP) is 5.11. The van der Waals surface area contributed by atoms with Crippen LogP contribution < -0.4 is 9.80 Å². The maximum atomic E-state index is 10.4. The lowest BCUT2D eigenvalue weighted by atomic mass is 10.1. The smallest absolute Gasteiger partial charge is 0.126 e. The molecule has 0 atom stereocenters. The molecule has 2 rings (SSSR count). The lowest BCUT2D eigenvalue weighted by Gasteiger charge is -2.21. The van der Waals surface area contributed by atoms with E-state index in [1.807, 2.05) is 38.1 Å². The van der Waals surface area contributed by atoms with Gasteiger partial charge in [0.25, 0.3) is 0 Å². The van der Waals surface area contributed by atoms with E-state index in [0.717, 1.165) is 37.6 Å². The quantitative estimate of drug-likeness (QED) is 0.479. The number of nitrogens with zero attached hydrogens (tertiary/aromatic N) is 4. The lowest BCUT2D eigenvalue weighted by Crippen LogP contribution is -2.22. The van der Waals surface area contributed by atoms with Crippen molar-refractivity contribution in [2.75, 3.05) is 42.5 Å². The van der Waals surface area contributed by atoms with Crippen molar-refractivity contribution in [2.45, 2.75) is 47.1 Å². The molecule has 0 heterocycles. The molecule has 0 saturated carbocycles. The van der Waals surface area contributed by atoms with E-state index in [0.29, 0.717) is 17.7 Å². The number of phenols is 2. The van der Waals surface area contributed by atoms with Gasteiger partial charge in [0, 0.05) is 73.2 Å². The zero-order valence-corrected chi connectivity index (χ0v) is 20.3. The van der Waals surface area contributed by atoms with Crippen LogP contribution in [0.2, 0.25) is 0 Å². The second-order valence-corrected chi connectivity index (χ2v) is 8.37. The molecule has 0 aliphatic carbocycles. The Bertz CT molecular complexity index is 929. The fourth-order valence-electron chi connectivity index (χ4n) is 3.51. The lowest BCUT2D eigenvalue weighted by molar-refractivity contribution is 0.473. The molecular formula is C26H38N4O2. The Morgan fingerprint density at radius 1 is 0.750 bits per heavy atom. The Balaban J connectivity index is 2.06. The molecule has 0 aliphatic rings. The number of anilines is 2. The summed E-state index contributed by atoms with van der Waals surface area (Å²) in [5.41, 5.74) is 2.92. The van der Waals surface area contributed by atoms with Gasteiger partial charge in [-0.25, -0.2) is 0 Å². The van der Waals surface area contributed by atoms with E-state index in [2.05, 4.69) is 47.5 Å². The van der Waals surface area contributed by atoms with Crippen molar-refractivity contribution in [2.24, 2.45) is 9.98 Å². The summed E-state index contributed by atoms with van der Waals surface area (Å²) in [7, 11) is 0. The molecule has 0 bridgehead atoms. The Hall–Kier alpha value is -3.02. The number of hydrogen-bond donors (Lipinski definition) is 2. The third kappa shape index (κ3) is 6.74. The van der Waals surface area contributed by atoms with Gasteiger partial charge in [-0.05, 0) is 65.8 Å². The summed E-state index contributed by atoms with van der Waals surface area (Å²) in [4.78, 5) is 13.5. The van der Waals surface area contributed by atoms with Crippen molar-refractivity contribution in [3.05, 3.63) is 47.5 Å². The Morgan fingerprint density at radius 2 is 1.19 bits per heavy atom. The summed E-state index contributed by atoms with van der Waals surface area (Å²) in [5, 5.41) is 20.8. The second-order valence-electron chi connectivity index (χ2n) is 8.37. The van der Waals surface area contributed by atoms with Crippen LogP contribution in [0.5, 0.6) is 11.5 Å². The predicted molar refractivity (Wildman–Crippen MR) is 137 cm³/mol. The number of rotatable bonds is 11. The standard InChI is InChI=1S/C26H38N4O2/c1-7-29(8-2)22-13-11-20(24(31)15-22)17-27-19-26(5,6)28-18-21-12-14-23(16-25(21)32)30(9-3)10-4/h11-18,31-32H,7-10,19H2,1-6H3. The average Bonchev–Trinajstić information content (AvgIpc) is 2.76. The van der Waals surface area contributed by atoms with Crippen LogP contribution in [0.15, 0.2) is 46.4 Å². The van der Waals surface area contributed by atoms with Crippen LogP contribution in [0, 0.1) is 0 Å². The maximum Gasteiger partial charge on any atom is 0.126 e. The maximum absolute atomic E-state index is 10.4. The van der Waals surface area contributed by atoms with Crippen molar-refractivity contribution in [1.82, 2.24) is 0 Å². The molecule has 0 aromatic heterocycles. The largest absolute Gasteiger partial charge is 0.507 e. The summed E-state index contributed by atoms with van der Waals surface area (Å²) in [5.74, 6) is 0.438. The summed E-state index contributed by atoms with van der Waals surface area (Å²) in [6, 6.07) is 11.3. The number of phenolic OH excluding ortho intramolecular Hbond substituents is 2. The van der Waals surface area contributed by atoms with Crippen LogP contribution in [0.4, 0.5) is 11.4 Å². The van der Waals surface area contributed by atoms with Gasteiger partial charge < -0.3 is 20.0 Å². The minimum Gasteiger partial charge on any atom is -0.507 e. The van der Waals surface area contributed by atoms with Gasteiger partial charge in [-0.3, -0.25) is 9.98 Å². The van der Waals surface area contributed by atoms with Gasteiger partial charge in [0.05, 0.1) is 12.1 Å². The summed E-state index contributed by atoms with van der Waals surface area (Å²) in [6.07, 6.45) is 3.39. The van der Waals surface area contributed by atoms with Gasteiger partial charge in [-0.1, -0.05) is 0 Å². The van der Waals surface area contributed by atoms with Gasteiger partial charge in [0.15, 0.2) is 0 Å². The highest BCUT2D eigenvalue weighted by molar-refractivity contribution is 5.85. The van der Waals surface area contributed by atoms with Crippen molar-refractivity contribution in [1.29, 1.82) is 0 Å². The normalized spacial score (nSPS) is 12.1. The monoisotopic (exact) mass is 438 g/mol. The van der Waals surface area contributed by atoms with Crippen molar-refractivity contribution < 1.29 is 10.2 Å². The third-order valence-corrected chi connectivity index (χ3v) is 5.55. The number of benzene rings is 2. The molecule has 2 aromatic carbocycles. The van der Waals surface area contributed by atoms with Crippen molar-refractivity contribution in [3.8, 4) is 11.5 Å². The molecule has 6 heteroatoms. The molecule has 6 nitrogen and oxygen atoms in total. The van der Waals surface area contributed by atoms with Gasteiger partial charge in [0.1, 0.15) is 11.5 Å². The molecule has 0 fully saturated rings. The minimum atomic E-state index is -0.447. The number of aromatic hydroxyl groups is 2. The van der Waals surface area contributed by atoms with E-state index < -0.39 is 5.54 Å². The topological polar surface area (TPSA) is 71.7 Å². The Morgan fingerprint density at radius 3 is 1.59 bits per heavy atom. The Labute approximate surface area is 192 Å². The molecule has 0 radical (unpaired) electrons. The van der Waals surface area contributed by atoms with Gasteiger partial charge in [0.2, 0.25) is 0 Å². The molecule has 0 unspecified atom stereocenters. The highest BCUT2D eigenvalue weighted by Gasteiger charge is 2.15. The summed E-state index contributed by atoms with van der Waals surface area (Å²) < 4.78 is 0. The average molecular weight is 439 g/mol. The summed E-state index contributed by atoms with van der Waals surface area (Å²) >= 11 is 0. The van der Waals surface area contributed by atoms with Crippen LogP contribution in [-0.2, 0) is 0 Å². The molecule has 174 valence electrons. The van der Waals surface area contributed by atoms with E-state index >= 15 is 0 Å². The Kier molecular flexibility index (Phi) is 9.12. The first kappa shape index (κ1) is 25.2. The zero-order valence-electron chi connectivity index (χ0n) is 20.3. The third-order valence-electron chi connectivity index (χ3n) is 5.55. The first-order chi connectivity index (χ1) is 15.2. The number of aliphatic imine (C=N–C) groups is 2. The van der Waals surface area contributed by atoms with E-state index in [1.165, 1.54) is 0 Å². The van der Waals surface area contributed by atoms with Crippen LogP contribution in [0.1, 0.15) is 52.7 Å². The summed E-state index contributed by atoms with van der Waals surface area (Å²) in [6.45, 7) is 16.4. The van der Waals surface area contributed by atoms with E-state index in [-0.39, 0.29) is 11.5 Å². The molecule has 2 N–H and O–H groups in total. The first-order valence-corrected chi connectivity index (χ1v) is 11.5. The van der Waals surface area contributed by atoms with E-state index in [4.69, 9.17) is 0 Å². The van der Waals surface area contributed by atoms with Crippen molar-refractivity contribution >= 4 is 23.8 Å². The molecule has 2 aromatic rings. The highest BCUT2D eigenvalue weighted by Crippen LogP contribution is 2.25. The fourth-order valence-corrected chi connectivity index (χ4v) is 3.51. The minimum absolute atomic E-state index is 0.218. The van der Waals surface area contributed by atoms with Crippen LogP contribution in [0.3, 0.4) is 0 Å². The van der Waals surface area contributed by atoms with E-state index in [1.54, 1.807) is 24.6 Å². The van der Waals surface area contributed by atoms with Gasteiger partial charge >= 0.3 is 0 Å². The van der Waals surface area contributed by atoms with Crippen LogP contribution >= 0.6 is 0 Å². The van der Waals surface area contributed by atoms with Crippen LogP contribution in [-0.4, -0.2) is 60.9 Å². The zero-order chi connectivity index (χ0) is 23.7. The highest BCUT2D eigenvalue weighted by atomic mass is 16.3. The first-order valence-electron chi connectivity index (χ1n) is 11.5. The molecule has 0 spiro atoms. The van der Waals surface area contributed by atoms with Gasteiger partial charge in [-0.15, -0.1) is 0 Å². The van der Waals surface area contributed by atoms with Crippen LogP contribution in [0.25, 0.3) is 0 Å². The molecule has 32 heavy (non-hydrogen) atoms. The molecular weight excluding hydrogens is 400 g/mol. The van der Waals surface area contributed by atoms with Crippen molar-refractivity contribution in [3.63, 3.8) is 0 Å². The van der Waals surface area contributed by atoms with Gasteiger partial charge in [-0.2, -0.15) is 0 Å². The molecule has 0 saturated heterocycles. The fraction of sp³-hybridized carbons (Fsp3) is 0.462. The SMILES string of the molecule is CCN(CC)c1ccc(C=NCC(C)(C)N=Cc2ccc(N(CC)CC)cc2O)c(O)c1. The molecule has 0 amide bonds. The molecule has 0 aliphatic heterocycles. The number of hydrogen-bond acceptors (Lipinski definition) is 6.